The second-order valence-corrected chi connectivity index (χ2v) is 3.55. The summed E-state index contributed by atoms with van der Waals surface area (Å²) in [4.78, 5) is 17.5. The number of hydrogen-bond acceptors (Lipinski definition) is 5. The molecule has 1 aromatic rings. The highest BCUT2D eigenvalue weighted by molar-refractivity contribution is 6.31. The quantitative estimate of drug-likeness (QED) is 0.371. The van der Waals surface area contributed by atoms with Crippen LogP contribution in [-0.4, -0.2) is 20.9 Å². The average molecular weight is 243 g/mol. The number of aromatic nitrogens is 2. The lowest BCUT2D eigenvalue weighted by atomic mass is 10.2. The van der Waals surface area contributed by atoms with Crippen molar-refractivity contribution in [1.29, 1.82) is 0 Å². The van der Waals surface area contributed by atoms with Crippen LogP contribution in [0.2, 0.25) is 5.15 Å². The van der Waals surface area contributed by atoms with E-state index >= 15 is 0 Å². The second-order valence-electron chi connectivity index (χ2n) is 3.19. The van der Waals surface area contributed by atoms with E-state index in [0.29, 0.717) is 6.42 Å². The summed E-state index contributed by atoms with van der Waals surface area (Å²) >= 11 is 5.63. The Balaban J connectivity index is 2.99. The van der Waals surface area contributed by atoms with Gasteiger partial charge in [-0.15, -0.1) is 6.58 Å². The first-order chi connectivity index (χ1) is 7.56. The molecule has 86 valence electrons. The Morgan fingerprint density at radius 1 is 1.75 bits per heavy atom. The highest BCUT2D eigenvalue weighted by Gasteiger charge is 2.22. The van der Waals surface area contributed by atoms with Gasteiger partial charge in [-0.25, -0.2) is 9.97 Å². The third-order valence-corrected chi connectivity index (χ3v) is 2.14. The molecule has 0 bridgehead atoms. The largest absolute Gasteiger partial charge is 0.361 e. The number of halogens is 1. The molecule has 0 saturated heterocycles. The van der Waals surface area contributed by atoms with Crippen molar-refractivity contribution in [2.45, 2.75) is 19.4 Å². The van der Waals surface area contributed by atoms with Crippen LogP contribution >= 0.6 is 11.6 Å². The average Bonchev–Trinajstić information content (AvgIpc) is 2.17. The SMILES string of the molecule is C=CCC(C)Nc1ncnc(Cl)c1[N+](=O)[O-]. The fourth-order valence-electron chi connectivity index (χ4n) is 1.17. The van der Waals surface area contributed by atoms with E-state index in [9.17, 15) is 10.1 Å². The van der Waals surface area contributed by atoms with Crippen LogP contribution in [0.3, 0.4) is 0 Å². The van der Waals surface area contributed by atoms with E-state index in [1.165, 1.54) is 6.33 Å². The minimum Gasteiger partial charge on any atom is -0.361 e. The minimum absolute atomic E-state index is 0.0119. The molecule has 0 saturated carbocycles. The van der Waals surface area contributed by atoms with E-state index in [1.54, 1.807) is 6.08 Å². The molecule has 1 rings (SSSR count). The fourth-order valence-corrected chi connectivity index (χ4v) is 1.37. The number of rotatable bonds is 5. The molecule has 16 heavy (non-hydrogen) atoms. The molecule has 7 heteroatoms. The molecule has 0 radical (unpaired) electrons. The Kier molecular flexibility index (Phi) is 4.19. The van der Waals surface area contributed by atoms with Crippen LogP contribution < -0.4 is 5.32 Å². The standard InChI is InChI=1S/C9H11ClN4O2/c1-3-4-6(2)13-9-7(14(15)16)8(10)11-5-12-9/h3,5-6H,1,4H2,2H3,(H,11,12,13). The van der Waals surface area contributed by atoms with E-state index < -0.39 is 4.92 Å². The zero-order valence-electron chi connectivity index (χ0n) is 8.68. The van der Waals surface area contributed by atoms with E-state index in [1.807, 2.05) is 6.92 Å². The predicted octanol–water partition coefficient (Wildman–Crippen LogP) is 2.41. The third-order valence-electron chi connectivity index (χ3n) is 1.86. The van der Waals surface area contributed by atoms with Crippen LogP contribution in [0, 0.1) is 10.1 Å². The van der Waals surface area contributed by atoms with Gasteiger partial charge in [0.2, 0.25) is 11.0 Å². The normalized spacial score (nSPS) is 11.9. The van der Waals surface area contributed by atoms with Crippen LogP contribution in [-0.2, 0) is 0 Å². The first kappa shape index (κ1) is 12.4. The highest BCUT2D eigenvalue weighted by atomic mass is 35.5. The van der Waals surface area contributed by atoms with Crippen LogP contribution in [0.1, 0.15) is 13.3 Å². The number of hydrogen-bond donors (Lipinski definition) is 1. The molecule has 0 aliphatic carbocycles. The lowest BCUT2D eigenvalue weighted by Crippen LogP contribution is -2.16. The molecule has 0 amide bonds. The van der Waals surface area contributed by atoms with E-state index in [-0.39, 0.29) is 22.7 Å². The van der Waals surface area contributed by atoms with Crippen molar-refractivity contribution in [3.8, 4) is 0 Å². The van der Waals surface area contributed by atoms with E-state index in [0.717, 1.165) is 0 Å². The van der Waals surface area contributed by atoms with Crippen molar-refractivity contribution < 1.29 is 4.92 Å². The Labute approximate surface area is 97.5 Å². The summed E-state index contributed by atoms with van der Waals surface area (Å²) < 4.78 is 0. The summed E-state index contributed by atoms with van der Waals surface area (Å²) in [5, 5.41) is 13.5. The van der Waals surface area contributed by atoms with Gasteiger partial charge in [0, 0.05) is 6.04 Å². The summed E-state index contributed by atoms with van der Waals surface area (Å²) in [5.74, 6) is 0.124. The van der Waals surface area contributed by atoms with Crippen LogP contribution in [0.5, 0.6) is 0 Å². The first-order valence-corrected chi connectivity index (χ1v) is 4.96. The molecule has 0 aromatic carbocycles. The minimum atomic E-state index is -0.606. The highest BCUT2D eigenvalue weighted by Crippen LogP contribution is 2.28. The lowest BCUT2D eigenvalue weighted by molar-refractivity contribution is -0.384. The summed E-state index contributed by atoms with van der Waals surface area (Å²) in [7, 11) is 0. The number of nitrogens with zero attached hydrogens (tertiary/aromatic N) is 3. The molecule has 1 atom stereocenters. The van der Waals surface area contributed by atoms with Gasteiger partial charge >= 0.3 is 5.69 Å². The Morgan fingerprint density at radius 3 is 3.00 bits per heavy atom. The lowest BCUT2D eigenvalue weighted by Gasteiger charge is -2.11. The number of nitrogens with one attached hydrogen (secondary N) is 1. The van der Waals surface area contributed by atoms with Gasteiger partial charge < -0.3 is 5.32 Å². The number of nitro groups is 1. The fraction of sp³-hybridized carbons (Fsp3) is 0.333. The van der Waals surface area contributed by atoms with Gasteiger partial charge in [0.1, 0.15) is 6.33 Å². The second kappa shape index (κ2) is 5.41. The van der Waals surface area contributed by atoms with E-state index in [4.69, 9.17) is 11.6 Å². The molecule has 1 aromatic heterocycles. The van der Waals surface area contributed by atoms with Crippen LogP contribution in [0.15, 0.2) is 19.0 Å². The molecular weight excluding hydrogens is 232 g/mol. The maximum absolute atomic E-state index is 10.8. The van der Waals surface area contributed by atoms with Crippen LogP contribution in [0.4, 0.5) is 11.5 Å². The van der Waals surface area contributed by atoms with Crippen molar-refractivity contribution in [2.75, 3.05) is 5.32 Å². The molecule has 0 fully saturated rings. The van der Waals surface area contributed by atoms with Gasteiger partial charge in [-0.1, -0.05) is 17.7 Å². The topological polar surface area (TPSA) is 81.0 Å². The Hall–Kier alpha value is -1.69. The van der Waals surface area contributed by atoms with Gasteiger partial charge in [-0.3, -0.25) is 10.1 Å². The summed E-state index contributed by atoms with van der Waals surface area (Å²) in [6.07, 6.45) is 3.56. The van der Waals surface area contributed by atoms with Crippen molar-refractivity contribution in [1.82, 2.24) is 9.97 Å². The maximum Gasteiger partial charge on any atom is 0.348 e. The molecule has 1 unspecified atom stereocenters. The summed E-state index contributed by atoms with van der Waals surface area (Å²) in [6, 6.07) is -0.0119. The molecule has 0 spiro atoms. The van der Waals surface area contributed by atoms with Gasteiger partial charge in [0.25, 0.3) is 0 Å². The van der Waals surface area contributed by atoms with Crippen LogP contribution in [0.25, 0.3) is 0 Å². The smallest absolute Gasteiger partial charge is 0.348 e. The molecule has 6 nitrogen and oxygen atoms in total. The van der Waals surface area contributed by atoms with Crippen molar-refractivity contribution in [2.24, 2.45) is 0 Å². The molecule has 0 aliphatic rings. The number of anilines is 1. The monoisotopic (exact) mass is 242 g/mol. The van der Waals surface area contributed by atoms with Gasteiger partial charge in [0.15, 0.2) is 0 Å². The zero-order valence-corrected chi connectivity index (χ0v) is 9.44. The Morgan fingerprint density at radius 2 is 2.44 bits per heavy atom. The van der Waals surface area contributed by atoms with Crippen molar-refractivity contribution in [3.63, 3.8) is 0 Å². The molecule has 0 aliphatic heterocycles. The molecule has 1 N–H and O–H groups in total. The van der Waals surface area contributed by atoms with Crippen molar-refractivity contribution >= 4 is 23.1 Å². The van der Waals surface area contributed by atoms with E-state index in [2.05, 4.69) is 21.9 Å². The van der Waals surface area contributed by atoms with Gasteiger partial charge in [0.05, 0.1) is 4.92 Å². The zero-order chi connectivity index (χ0) is 12.1. The van der Waals surface area contributed by atoms with Gasteiger partial charge in [-0.2, -0.15) is 0 Å². The summed E-state index contributed by atoms with van der Waals surface area (Å²) in [5.41, 5.74) is -0.305. The molecule has 1 heterocycles. The van der Waals surface area contributed by atoms with Gasteiger partial charge in [-0.05, 0) is 13.3 Å². The maximum atomic E-state index is 10.8. The Bertz CT molecular complexity index is 410. The predicted molar refractivity (Wildman–Crippen MR) is 61.6 cm³/mol. The first-order valence-electron chi connectivity index (χ1n) is 4.58. The third kappa shape index (κ3) is 2.90. The summed E-state index contributed by atoms with van der Waals surface area (Å²) in [6.45, 7) is 5.45. The van der Waals surface area contributed by atoms with Crippen molar-refractivity contribution in [3.05, 3.63) is 34.2 Å². The molecular formula is C9H11ClN4O2.